The standard InChI is InChI=1S/C29H34N2O4S/c1-24-12-9-10-17-27(24)36(33,34)31-19-11-18-29(22-31,23-35-26-15-7-4-8-16-26)20-28(32)30(2)21-25-13-5-3-6-14-25/h3-10,12-17H,11,18-23H2,1-2H3/t29-/m0/s1. The van der Waals surface area contributed by atoms with Crippen LogP contribution in [0.2, 0.25) is 0 Å². The molecule has 7 heteroatoms. The average molecular weight is 507 g/mol. The maximum Gasteiger partial charge on any atom is 0.243 e. The van der Waals surface area contributed by atoms with Crippen molar-refractivity contribution in [2.24, 2.45) is 5.41 Å². The molecule has 190 valence electrons. The molecule has 36 heavy (non-hydrogen) atoms. The lowest BCUT2D eigenvalue weighted by Crippen LogP contribution is -2.50. The summed E-state index contributed by atoms with van der Waals surface area (Å²) in [6.45, 7) is 3.24. The highest BCUT2D eigenvalue weighted by Crippen LogP contribution is 2.37. The van der Waals surface area contributed by atoms with Crippen molar-refractivity contribution in [3.05, 3.63) is 96.1 Å². The maximum absolute atomic E-state index is 13.6. The van der Waals surface area contributed by atoms with Gasteiger partial charge in [0, 0.05) is 38.5 Å². The molecule has 0 aliphatic carbocycles. The summed E-state index contributed by atoms with van der Waals surface area (Å²) >= 11 is 0. The smallest absolute Gasteiger partial charge is 0.243 e. The van der Waals surface area contributed by atoms with Crippen LogP contribution in [0.25, 0.3) is 0 Å². The number of amides is 1. The molecular weight excluding hydrogens is 472 g/mol. The Kier molecular flexibility index (Phi) is 8.11. The van der Waals surface area contributed by atoms with Gasteiger partial charge in [-0.25, -0.2) is 8.42 Å². The molecule has 3 aromatic rings. The number of nitrogens with zero attached hydrogens (tertiary/aromatic N) is 2. The molecule has 1 fully saturated rings. The topological polar surface area (TPSA) is 66.9 Å². The Morgan fingerprint density at radius 3 is 2.31 bits per heavy atom. The summed E-state index contributed by atoms with van der Waals surface area (Å²) in [5.74, 6) is 0.687. The van der Waals surface area contributed by atoms with Gasteiger partial charge in [0.25, 0.3) is 0 Å². The summed E-state index contributed by atoms with van der Waals surface area (Å²) < 4.78 is 34.9. The van der Waals surface area contributed by atoms with Crippen molar-refractivity contribution in [2.75, 3.05) is 26.7 Å². The normalized spacial score (nSPS) is 18.5. The number of ether oxygens (including phenoxy) is 1. The van der Waals surface area contributed by atoms with Crippen LogP contribution in [0.4, 0.5) is 0 Å². The van der Waals surface area contributed by atoms with Gasteiger partial charge in [-0.15, -0.1) is 0 Å². The number of hydrogen-bond acceptors (Lipinski definition) is 4. The zero-order valence-corrected chi connectivity index (χ0v) is 21.8. The maximum atomic E-state index is 13.6. The Balaban J connectivity index is 1.57. The van der Waals surface area contributed by atoms with E-state index in [9.17, 15) is 13.2 Å². The zero-order chi connectivity index (χ0) is 25.6. The van der Waals surface area contributed by atoms with E-state index in [0.29, 0.717) is 42.1 Å². The second kappa shape index (κ2) is 11.3. The van der Waals surface area contributed by atoms with Crippen molar-refractivity contribution in [1.29, 1.82) is 0 Å². The van der Waals surface area contributed by atoms with Gasteiger partial charge in [-0.2, -0.15) is 4.31 Å². The molecule has 1 aliphatic heterocycles. The first-order chi connectivity index (χ1) is 17.3. The van der Waals surface area contributed by atoms with Crippen molar-refractivity contribution in [2.45, 2.75) is 37.6 Å². The highest BCUT2D eigenvalue weighted by atomic mass is 32.2. The second-order valence-corrected chi connectivity index (χ2v) is 11.6. The van der Waals surface area contributed by atoms with Crippen LogP contribution in [0.15, 0.2) is 89.8 Å². The van der Waals surface area contributed by atoms with E-state index in [4.69, 9.17) is 4.74 Å². The predicted molar refractivity (Wildman–Crippen MR) is 141 cm³/mol. The first-order valence-electron chi connectivity index (χ1n) is 12.3. The van der Waals surface area contributed by atoms with Crippen molar-refractivity contribution in [1.82, 2.24) is 9.21 Å². The minimum absolute atomic E-state index is 0.0225. The SMILES string of the molecule is Cc1ccccc1S(=O)(=O)N1CCC[C@](COc2ccccc2)(CC(=O)N(C)Cc2ccccc2)C1. The number of piperidine rings is 1. The van der Waals surface area contributed by atoms with Crippen molar-refractivity contribution >= 4 is 15.9 Å². The Bertz CT molecular complexity index is 1260. The van der Waals surface area contributed by atoms with Gasteiger partial charge in [-0.05, 0) is 49.1 Å². The van der Waals surface area contributed by atoms with Crippen molar-refractivity contribution in [3.8, 4) is 5.75 Å². The molecular formula is C29H34N2O4S. The number of rotatable bonds is 9. The van der Waals surface area contributed by atoms with Crippen LogP contribution in [0.1, 0.15) is 30.4 Å². The highest BCUT2D eigenvalue weighted by molar-refractivity contribution is 7.89. The number of benzene rings is 3. The number of para-hydroxylation sites is 1. The first kappa shape index (κ1) is 25.9. The van der Waals surface area contributed by atoms with Crippen LogP contribution in [0, 0.1) is 12.3 Å². The lowest BCUT2D eigenvalue weighted by molar-refractivity contribution is -0.134. The summed E-state index contributed by atoms with van der Waals surface area (Å²) in [5.41, 5.74) is 1.13. The number of hydrogen-bond donors (Lipinski definition) is 0. The molecule has 0 bridgehead atoms. The summed E-state index contributed by atoms with van der Waals surface area (Å²) in [5, 5.41) is 0. The fourth-order valence-corrected chi connectivity index (χ4v) is 6.64. The largest absolute Gasteiger partial charge is 0.493 e. The molecule has 3 aromatic carbocycles. The van der Waals surface area contributed by atoms with E-state index in [-0.39, 0.29) is 25.5 Å². The van der Waals surface area contributed by atoms with Crippen LogP contribution in [-0.4, -0.2) is 50.3 Å². The van der Waals surface area contributed by atoms with Crippen molar-refractivity contribution in [3.63, 3.8) is 0 Å². The molecule has 0 unspecified atom stereocenters. The summed E-state index contributed by atoms with van der Waals surface area (Å²) in [4.78, 5) is 15.4. The molecule has 4 rings (SSSR count). The quantitative estimate of drug-likeness (QED) is 0.414. The van der Waals surface area contributed by atoms with Gasteiger partial charge < -0.3 is 9.64 Å². The van der Waals surface area contributed by atoms with Gasteiger partial charge >= 0.3 is 0 Å². The minimum Gasteiger partial charge on any atom is -0.493 e. The average Bonchev–Trinajstić information content (AvgIpc) is 2.89. The minimum atomic E-state index is -3.70. The Morgan fingerprint density at radius 2 is 1.61 bits per heavy atom. The third kappa shape index (κ3) is 6.15. The third-order valence-electron chi connectivity index (χ3n) is 6.84. The molecule has 1 atom stereocenters. The van der Waals surface area contributed by atoms with E-state index >= 15 is 0 Å². The fourth-order valence-electron chi connectivity index (χ4n) is 4.82. The predicted octanol–water partition coefficient (Wildman–Crippen LogP) is 4.89. The molecule has 0 radical (unpaired) electrons. The lowest BCUT2D eigenvalue weighted by atomic mass is 9.78. The summed E-state index contributed by atoms with van der Waals surface area (Å²) in [7, 11) is -1.90. The Hall–Kier alpha value is -3.16. The van der Waals surface area contributed by atoms with Gasteiger partial charge in [0.1, 0.15) is 5.75 Å². The van der Waals surface area contributed by atoms with Crippen LogP contribution < -0.4 is 4.74 Å². The van der Waals surface area contributed by atoms with Gasteiger partial charge in [0.15, 0.2) is 0 Å². The Morgan fingerprint density at radius 1 is 0.972 bits per heavy atom. The van der Waals surface area contributed by atoms with Gasteiger partial charge in [0.05, 0.1) is 11.5 Å². The molecule has 1 saturated heterocycles. The summed E-state index contributed by atoms with van der Waals surface area (Å²) in [6, 6.07) is 26.4. The van der Waals surface area contributed by atoms with E-state index in [1.807, 2.05) is 79.7 Å². The first-order valence-corrected chi connectivity index (χ1v) is 13.7. The fraction of sp³-hybridized carbons (Fsp3) is 0.345. The number of sulfonamides is 1. The molecule has 0 N–H and O–H groups in total. The van der Waals surface area contributed by atoms with Gasteiger partial charge in [-0.3, -0.25) is 4.79 Å². The van der Waals surface area contributed by atoms with Gasteiger partial charge in [0.2, 0.25) is 15.9 Å². The van der Waals surface area contributed by atoms with Crippen LogP contribution >= 0.6 is 0 Å². The Labute approximate surface area is 214 Å². The zero-order valence-electron chi connectivity index (χ0n) is 21.0. The molecule has 0 spiro atoms. The number of carbonyl (C=O) groups excluding carboxylic acids is 1. The van der Waals surface area contributed by atoms with E-state index in [1.165, 1.54) is 4.31 Å². The van der Waals surface area contributed by atoms with Gasteiger partial charge in [-0.1, -0.05) is 66.7 Å². The second-order valence-electron chi connectivity index (χ2n) is 9.72. The molecule has 6 nitrogen and oxygen atoms in total. The molecule has 1 aliphatic rings. The van der Waals surface area contributed by atoms with Crippen LogP contribution in [0.3, 0.4) is 0 Å². The van der Waals surface area contributed by atoms with E-state index in [1.54, 1.807) is 24.1 Å². The van der Waals surface area contributed by atoms with Crippen molar-refractivity contribution < 1.29 is 17.9 Å². The monoisotopic (exact) mass is 506 g/mol. The highest BCUT2D eigenvalue weighted by Gasteiger charge is 2.43. The lowest BCUT2D eigenvalue weighted by Gasteiger charge is -2.42. The van der Waals surface area contributed by atoms with Crippen LogP contribution in [-0.2, 0) is 21.4 Å². The number of aryl methyl sites for hydroxylation is 1. The molecule has 0 aromatic heterocycles. The van der Waals surface area contributed by atoms with E-state index in [0.717, 1.165) is 5.56 Å². The molecule has 0 saturated carbocycles. The third-order valence-corrected chi connectivity index (χ3v) is 8.85. The molecule has 1 heterocycles. The van der Waals surface area contributed by atoms with E-state index < -0.39 is 15.4 Å². The number of carbonyl (C=O) groups is 1. The summed E-state index contributed by atoms with van der Waals surface area (Å²) in [6.07, 6.45) is 1.59. The van der Waals surface area contributed by atoms with Crippen LogP contribution in [0.5, 0.6) is 5.75 Å². The molecule has 1 amide bonds. The van der Waals surface area contributed by atoms with E-state index in [2.05, 4.69) is 0 Å².